The highest BCUT2D eigenvalue weighted by Crippen LogP contribution is 2.28. The van der Waals surface area contributed by atoms with Crippen molar-refractivity contribution >= 4 is 5.78 Å². The van der Waals surface area contributed by atoms with E-state index in [4.69, 9.17) is 4.74 Å². The summed E-state index contributed by atoms with van der Waals surface area (Å²) in [4.78, 5) is 11.5. The fourth-order valence-corrected chi connectivity index (χ4v) is 2.47. The fraction of sp³-hybridized carbons (Fsp3) is 0.267. The number of ether oxygens (including phenoxy) is 1. The normalized spacial score (nSPS) is 17.3. The van der Waals surface area contributed by atoms with Gasteiger partial charge in [-0.1, -0.05) is 18.2 Å². The Labute approximate surface area is 106 Å². The first-order valence-electron chi connectivity index (χ1n) is 6.14. The summed E-state index contributed by atoms with van der Waals surface area (Å²) in [6.45, 7) is 2.31. The van der Waals surface area contributed by atoms with E-state index >= 15 is 0 Å². The number of fused-ring (bicyclic) bond motifs is 1. The highest BCUT2D eigenvalue weighted by molar-refractivity contribution is 5.92. The quantitative estimate of drug-likeness (QED) is 0.774. The molecule has 1 atom stereocenters. The third-order valence-corrected chi connectivity index (χ3v) is 3.30. The van der Waals surface area contributed by atoms with Gasteiger partial charge >= 0.3 is 0 Å². The standard InChI is InChI=1S/C15H15NO2/c1-11(17)14-6-4-8-16(14)10-13-9-12-5-2-3-7-15(12)18-13/h2-8,13H,9-10H2,1H3. The van der Waals surface area contributed by atoms with Gasteiger partial charge in [0.2, 0.25) is 0 Å². The molecule has 0 amide bonds. The van der Waals surface area contributed by atoms with Crippen molar-refractivity contribution in [2.45, 2.75) is 26.0 Å². The van der Waals surface area contributed by atoms with Crippen LogP contribution in [0.25, 0.3) is 0 Å². The molecule has 0 saturated heterocycles. The first-order valence-corrected chi connectivity index (χ1v) is 6.14. The number of carbonyl (C=O) groups is 1. The second-order valence-electron chi connectivity index (χ2n) is 4.65. The van der Waals surface area contributed by atoms with Crippen molar-refractivity contribution in [1.82, 2.24) is 4.57 Å². The number of carbonyl (C=O) groups excluding carboxylic acids is 1. The van der Waals surface area contributed by atoms with Crippen LogP contribution in [-0.2, 0) is 13.0 Å². The Bertz CT molecular complexity index is 561. The van der Waals surface area contributed by atoms with Crippen LogP contribution in [0.15, 0.2) is 42.6 Å². The van der Waals surface area contributed by atoms with Crippen molar-refractivity contribution in [2.24, 2.45) is 0 Å². The lowest BCUT2D eigenvalue weighted by Crippen LogP contribution is -2.22. The van der Waals surface area contributed by atoms with Crippen molar-refractivity contribution in [3.05, 3.63) is 53.9 Å². The summed E-state index contributed by atoms with van der Waals surface area (Å²) in [6, 6.07) is 11.9. The molecule has 2 heterocycles. The average molecular weight is 241 g/mol. The Hall–Kier alpha value is -2.03. The minimum Gasteiger partial charge on any atom is -0.488 e. The topological polar surface area (TPSA) is 31.2 Å². The average Bonchev–Trinajstić information content (AvgIpc) is 2.94. The van der Waals surface area contributed by atoms with E-state index in [9.17, 15) is 4.79 Å². The number of rotatable bonds is 3. The van der Waals surface area contributed by atoms with Gasteiger partial charge in [0.1, 0.15) is 11.9 Å². The van der Waals surface area contributed by atoms with Crippen LogP contribution < -0.4 is 4.74 Å². The number of benzene rings is 1. The number of aromatic nitrogens is 1. The van der Waals surface area contributed by atoms with Gasteiger partial charge in [0, 0.05) is 19.5 Å². The Kier molecular flexibility index (Phi) is 2.67. The maximum absolute atomic E-state index is 11.5. The van der Waals surface area contributed by atoms with E-state index < -0.39 is 0 Å². The molecule has 0 aliphatic carbocycles. The largest absolute Gasteiger partial charge is 0.488 e. The molecular formula is C15H15NO2. The van der Waals surface area contributed by atoms with E-state index in [0.717, 1.165) is 24.4 Å². The van der Waals surface area contributed by atoms with Crippen LogP contribution in [0.3, 0.4) is 0 Å². The van der Waals surface area contributed by atoms with E-state index in [-0.39, 0.29) is 11.9 Å². The Balaban J connectivity index is 1.76. The number of hydrogen-bond donors (Lipinski definition) is 0. The van der Waals surface area contributed by atoms with Gasteiger partial charge in [0.05, 0.1) is 12.2 Å². The summed E-state index contributed by atoms with van der Waals surface area (Å²) < 4.78 is 7.85. The zero-order chi connectivity index (χ0) is 12.5. The van der Waals surface area contributed by atoms with Crippen LogP contribution >= 0.6 is 0 Å². The molecule has 1 aliphatic rings. The molecule has 1 aromatic carbocycles. The third kappa shape index (κ3) is 1.92. The molecule has 3 rings (SSSR count). The van der Waals surface area contributed by atoms with Crippen molar-refractivity contribution in [3.63, 3.8) is 0 Å². The van der Waals surface area contributed by atoms with Crippen LogP contribution in [0.5, 0.6) is 5.75 Å². The molecule has 0 bridgehead atoms. The van der Waals surface area contributed by atoms with Crippen molar-refractivity contribution in [2.75, 3.05) is 0 Å². The molecule has 0 saturated carbocycles. The molecule has 92 valence electrons. The lowest BCUT2D eigenvalue weighted by molar-refractivity contribution is 0.100. The number of hydrogen-bond acceptors (Lipinski definition) is 2. The van der Waals surface area contributed by atoms with E-state index in [2.05, 4.69) is 6.07 Å². The molecule has 0 fully saturated rings. The summed E-state index contributed by atoms with van der Waals surface area (Å²) in [6.07, 6.45) is 2.96. The zero-order valence-corrected chi connectivity index (χ0v) is 10.3. The molecule has 0 N–H and O–H groups in total. The lowest BCUT2D eigenvalue weighted by atomic mass is 10.1. The molecule has 0 radical (unpaired) electrons. The van der Waals surface area contributed by atoms with Crippen LogP contribution in [0.4, 0.5) is 0 Å². The van der Waals surface area contributed by atoms with Crippen LogP contribution in [0.1, 0.15) is 23.0 Å². The van der Waals surface area contributed by atoms with Gasteiger partial charge in [0.25, 0.3) is 0 Å². The first-order chi connectivity index (χ1) is 8.74. The van der Waals surface area contributed by atoms with Gasteiger partial charge < -0.3 is 9.30 Å². The minimum atomic E-state index is 0.0931. The van der Waals surface area contributed by atoms with Gasteiger partial charge in [-0.25, -0.2) is 0 Å². The van der Waals surface area contributed by atoms with Gasteiger partial charge in [-0.05, 0) is 23.8 Å². The number of Topliss-reactive ketones (excluding diaryl/α,β-unsaturated/α-hetero) is 1. The van der Waals surface area contributed by atoms with Crippen LogP contribution in [0, 0.1) is 0 Å². The second-order valence-corrected chi connectivity index (χ2v) is 4.65. The predicted molar refractivity (Wildman–Crippen MR) is 69.0 cm³/mol. The van der Waals surface area contributed by atoms with E-state index in [1.807, 2.05) is 41.1 Å². The molecule has 18 heavy (non-hydrogen) atoms. The lowest BCUT2D eigenvalue weighted by Gasteiger charge is -2.13. The smallest absolute Gasteiger partial charge is 0.176 e. The molecule has 3 heteroatoms. The number of nitrogens with zero attached hydrogens (tertiary/aromatic N) is 1. The van der Waals surface area contributed by atoms with Gasteiger partial charge in [-0.3, -0.25) is 4.79 Å². The number of ketones is 1. The minimum absolute atomic E-state index is 0.0931. The number of para-hydroxylation sites is 1. The van der Waals surface area contributed by atoms with Crippen molar-refractivity contribution in [1.29, 1.82) is 0 Å². The molecule has 3 nitrogen and oxygen atoms in total. The summed E-state index contributed by atoms with van der Waals surface area (Å²) in [5.41, 5.74) is 1.99. The molecule has 1 aliphatic heterocycles. The Morgan fingerprint density at radius 2 is 2.17 bits per heavy atom. The molecule has 1 aromatic heterocycles. The Morgan fingerprint density at radius 1 is 1.33 bits per heavy atom. The summed E-state index contributed by atoms with van der Waals surface area (Å²) in [7, 11) is 0. The molecule has 2 aromatic rings. The van der Waals surface area contributed by atoms with E-state index in [1.54, 1.807) is 6.92 Å². The molecular weight excluding hydrogens is 226 g/mol. The monoisotopic (exact) mass is 241 g/mol. The first kappa shape index (κ1) is 11.1. The van der Waals surface area contributed by atoms with Gasteiger partial charge in [-0.2, -0.15) is 0 Å². The van der Waals surface area contributed by atoms with Crippen LogP contribution in [-0.4, -0.2) is 16.5 Å². The van der Waals surface area contributed by atoms with E-state index in [0.29, 0.717) is 0 Å². The van der Waals surface area contributed by atoms with Crippen molar-refractivity contribution < 1.29 is 9.53 Å². The summed E-state index contributed by atoms with van der Waals surface area (Å²) in [5, 5.41) is 0. The summed E-state index contributed by atoms with van der Waals surface area (Å²) >= 11 is 0. The Morgan fingerprint density at radius 3 is 2.94 bits per heavy atom. The van der Waals surface area contributed by atoms with Crippen molar-refractivity contribution in [3.8, 4) is 5.75 Å². The maximum atomic E-state index is 11.5. The fourth-order valence-electron chi connectivity index (χ4n) is 2.47. The molecule has 1 unspecified atom stereocenters. The predicted octanol–water partition coefficient (Wildman–Crippen LogP) is 2.69. The highest BCUT2D eigenvalue weighted by Gasteiger charge is 2.23. The maximum Gasteiger partial charge on any atom is 0.176 e. The molecule has 0 spiro atoms. The summed E-state index contributed by atoms with van der Waals surface area (Å²) in [5.74, 6) is 1.06. The highest BCUT2D eigenvalue weighted by atomic mass is 16.5. The van der Waals surface area contributed by atoms with Crippen LogP contribution in [0.2, 0.25) is 0 Å². The second kappa shape index (κ2) is 4.33. The van der Waals surface area contributed by atoms with Gasteiger partial charge in [0.15, 0.2) is 5.78 Å². The SMILES string of the molecule is CC(=O)c1cccn1CC1Cc2ccccc2O1. The van der Waals surface area contributed by atoms with E-state index in [1.165, 1.54) is 5.56 Å². The zero-order valence-electron chi connectivity index (χ0n) is 10.3. The third-order valence-electron chi connectivity index (χ3n) is 3.30. The van der Waals surface area contributed by atoms with Gasteiger partial charge in [-0.15, -0.1) is 0 Å².